The molecule has 0 unspecified atom stereocenters. The molecule has 2 heteroatoms. The van der Waals surface area contributed by atoms with Gasteiger partial charge in [0, 0.05) is 25.3 Å². The Morgan fingerprint density at radius 2 is 1.55 bits per heavy atom. The highest BCUT2D eigenvalue weighted by Crippen LogP contribution is 2.23. The van der Waals surface area contributed by atoms with Gasteiger partial charge in [-0.05, 0) is 43.2 Å². The van der Waals surface area contributed by atoms with Crippen LogP contribution in [0.2, 0.25) is 0 Å². The predicted molar refractivity (Wildman–Crippen MR) is 90.2 cm³/mol. The Kier molecular flexibility index (Phi) is 7.08. The van der Waals surface area contributed by atoms with Crippen molar-refractivity contribution < 1.29 is 0 Å². The third-order valence-corrected chi connectivity index (χ3v) is 3.75. The van der Waals surface area contributed by atoms with Gasteiger partial charge in [0.05, 0.1) is 0 Å². The summed E-state index contributed by atoms with van der Waals surface area (Å²) in [5, 5.41) is 0. The number of benzene rings is 1. The fraction of sp³-hybridized carbons (Fsp3) is 0.667. The van der Waals surface area contributed by atoms with Crippen molar-refractivity contribution in [2.24, 2.45) is 17.6 Å². The molecule has 1 rings (SSSR count). The lowest BCUT2D eigenvalue weighted by Gasteiger charge is -2.29. The van der Waals surface area contributed by atoms with E-state index in [0.29, 0.717) is 6.54 Å². The van der Waals surface area contributed by atoms with Gasteiger partial charge in [-0.25, -0.2) is 0 Å². The molecule has 1 aromatic rings. The summed E-state index contributed by atoms with van der Waals surface area (Å²) in [6.45, 7) is 14.2. The summed E-state index contributed by atoms with van der Waals surface area (Å²) >= 11 is 0. The van der Waals surface area contributed by atoms with Gasteiger partial charge in [0.15, 0.2) is 0 Å². The second-order valence-electron chi connectivity index (χ2n) is 6.69. The van der Waals surface area contributed by atoms with Crippen LogP contribution in [-0.2, 0) is 6.54 Å². The van der Waals surface area contributed by atoms with Gasteiger partial charge in [0.2, 0.25) is 0 Å². The molecule has 0 amide bonds. The molecule has 2 N–H and O–H groups in total. The first-order chi connectivity index (χ1) is 9.43. The third-order valence-electron chi connectivity index (χ3n) is 3.75. The monoisotopic (exact) mass is 276 g/mol. The van der Waals surface area contributed by atoms with E-state index in [1.807, 2.05) is 0 Å². The summed E-state index contributed by atoms with van der Waals surface area (Å²) < 4.78 is 0. The number of nitrogens with two attached hydrogens (primary N) is 1. The fourth-order valence-electron chi connectivity index (χ4n) is 2.37. The number of aryl methyl sites for hydroxylation is 1. The Morgan fingerprint density at radius 1 is 1.00 bits per heavy atom. The smallest absolute Gasteiger partial charge is 0.0411 e. The minimum absolute atomic E-state index is 0.622. The Bertz CT molecular complexity index is 384. The van der Waals surface area contributed by atoms with Crippen molar-refractivity contribution in [3.63, 3.8) is 0 Å². The van der Waals surface area contributed by atoms with E-state index in [1.165, 1.54) is 29.7 Å². The van der Waals surface area contributed by atoms with Crippen molar-refractivity contribution in [3.8, 4) is 0 Å². The van der Waals surface area contributed by atoms with Crippen LogP contribution in [0.1, 0.15) is 51.7 Å². The molecular weight excluding hydrogens is 244 g/mol. The van der Waals surface area contributed by atoms with E-state index in [2.05, 4.69) is 57.7 Å². The second-order valence-corrected chi connectivity index (χ2v) is 6.69. The van der Waals surface area contributed by atoms with E-state index in [-0.39, 0.29) is 0 Å². The maximum absolute atomic E-state index is 5.94. The van der Waals surface area contributed by atoms with Gasteiger partial charge in [-0.2, -0.15) is 0 Å². The van der Waals surface area contributed by atoms with Crippen LogP contribution >= 0.6 is 0 Å². The van der Waals surface area contributed by atoms with Crippen LogP contribution in [0.3, 0.4) is 0 Å². The minimum Gasteiger partial charge on any atom is -0.371 e. The van der Waals surface area contributed by atoms with E-state index < -0.39 is 0 Å². The standard InChI is InChI=1S/C18H32N2/c1-14(2)8-10-20(11-9-15(3)4)18-7-6-16(5)12-17(18)13-19/h6-7,12,14-15H,8-11,13,19H2,1-5H3. The van der Waals surface area contributed by atoms with E-state index in [4.69, 9.17) is 5.73 Å². The van der Waals surface area contributed by atoms with Crippen LogP contribution in [0.15, 0.2) is 18.2 Å². The second kappa shape index (κ2) is 8.31. The zero-order chi connectivity index (χ0) is 15.1. The molecule has 0 aliphatic rings. The molecule has 0 bridgehead atoms. The molecule has 1 aromatic carbocycles. The normalized spacial score (nSPS) is 11.4. The van der Waals surface area contributed by atoms with Crippen molar-refractivity contribution in [2.45, 2.75) is 54.0 Å². The molecule has 0 atom stereocenters. The molecule has 0 heterocycles. The van der Waals surface area contributed by atoms with Gasteiger partial charge in [0.1, 0.15) is 0 Å². The Hall–Kier alpha value is -1.02. The first-order valence-corrected chi connectivity index (χ1v) is 7.98. The number of hydrogen-bond donors (Lipinski definition) is 1. The van der Waals surface area contributed by atoms with Gasteiger partial charge in [-0.1, -0.05) is 45.4 Å². The summed E-state index contributed by atoms with van der Waals surface area (Å²) in [4.78, 5) is 2.53. The summed E-state index contributed by atoms with van der Waals surface area (Å²) in [6, 6.07) is 6.68. The lowest BCUT2D eigenvalue weighted by atomic mass is 10.0. The SMILES string of the molecule is Cc1ccc(N(CCC(C)C)CCC(C)C)c(CN)c1. The van der Waals surface area contributed by atoms with Crippen molar-refractivity contribution >= 4 is 5.69 Å². The number of nitrogens with zero attached hydrogens (tertiary/aromatic N) is 1. The first-order valence-electron chi connectivity index (χ1n) is 7.98. The molecule has 0 saturated carbocycles. The fourth-order valence-corrected chi connectivity index (χ4v) is 2.37. The average molecular weight is 276 g/mol. The Morgan fingerprint density at radius 3 is 2.00 bits per heavy atom. The lowest BCUT2D eigenvalue weighted by molar-refractivity contribution is 0.534. The molecule has 20 heavy (non-hydrogen) atoms. The summed E-state index contributed by atoms with van der Waals surface area (Å²) in [5.74, 6) is 1.48. The van der Waals surface area contributed by atoms with Crippen LogP contribution in [0.25, 0.3) is 0 Å². The molecule has 0 radical (unpaired) electrons. The van der Waals surface area contributed by atoms with Gasteiger partial charge < -0.3 is 10.6 Å². The number of rotatable bonds is 8. The highest BCUT2D eigenvalue weighted by Gasteiger charge is 2.12. The molecule has 0 fully saturated rings. The van der Waals surface area contributed by atoms with Crippen molar-refractivity contribution in [3.05, 3.63) is 29.3 Å². The first kappa shape index (κ1) is 17.0. The van der Waals surface area contributed by atoms with E-state index in [0.717, 1.165) is 24.9 Å². The van der Waals surface area contributed by atoms with Crippen LogP contribution in [0.4, 0.5) is 5.69 Å². The van der Waals surface area contributed by atoms with Gasteiger partial charge in [0.25, 0.3) is 0 Å². The molecule has 2 nitrogen and oxygen atoms in total. The number of hydrogen-bond acceptors (Lipinski definition) is 2. The zero-order valence-electron chi connectivity index (χ0n) is 13.9. The largest absolute Gasteiger partial charge is 0.371 e. The van der Waals surface area contributed by atoms with E-state index in [9.17, 15) is 0 Å². The Labute approximate surface area is 125 Å². The van der Waals surface area contributed by atoms with Crippen molar-refractivity contribution in [1.82, 2.24) is 0 Å². The molecule has 0 aliphatic carbocycles. The van der Waals surface area contributed by atoms with Gasteiger partial charge in [-0.15, -0.1) is 0 Å². The Balaban J connectivity index is 2.89. The molecular formula is C18H32N2. The molecule has 114 valence electrons. The number of anilines is 1. The molecule has 0 spiro atoms. The minimum atomic E-state index is 0.622. The van der Waals surface area contributed by atoms with Crippen LogP contribution in [-0.4, -0.2) is 13.1 Å². The average Bonchev–Trinajstić information content (AvgIpc) is 2.38. The van der Waals surface area contributed by atoms with E-state index in [1.54, 1.807) is 0 Å². The molecule has 0 aromatic heterocycles. The lowest BCUT2D eigenvalue weighted by Crippen LogP contribution is -2.29. The highest BCUT2D eigenvalue weighted by atomic mass is 15.1. The van der Waals surface area contributed by atoms with E-state index >= 15 is 0 Å². The summed E-state index contributed by atoms with van der Waals surface area (Å²) in [6.07, 6.45) is 2.46. The van der Waals surface area contributed by atoms with Crippen molar-refractivity contribution in [2.75, 3.05) is 18.0 Å². The zero-order valence-corrected chi connectivity index (χ0v) is 13.9. The van der Waals surface area contributed by atoms with Gasteiger partial charge in [-0.3, -0.25) is 0 Å². The third kappa shape index (κ3) is 5.54. The summed E-state index contributed by atoms with van der Waals surface area (Å²) in [7, 11) is 0. The topological polar surface area (TPSA) is 29.3 Å². The van der Waals surface area contributed by atoms with Crippen LogP contribution < -0.4 is 10.6 Å². The van der Waals surface area contributed by atoms with Crippen LogP contribution in [0, 0.1) is 18.8 Å². The predicted octanol–water partition coefficient (Wildman–Crippen LogP) is 4.35. The molecule has 0 saturated heterocycles. The highest BCUT2D eigenvalue weighted by molar-refractivity contribution is 5.55. The van der Waals surface area contributed by atoms with Crippen LogP contribution in [0.5, 0.6) is 0 Å². The summed E-state index contributed by atoms with van der Waals surface area (Å²) in [5.41, 5.74) is 9.84. The van der Waals surface area contributed by atoms with Crippen molar-refractivity contribution in [1.29, 1.82) is 0 Å². The maximum atomic E-state index is 5.94. The molecule has 0 aliphatic heterocycles. The maximum Gasteiger partial charge on any atom is 0.0411 e. The quantitative estimate of drug-likeness (QED) is 0.764. The van der Waals surface area contributed by atoms with Gasteiger partial charge >= 0.3 is 0 Å².